The molecule has 3 aliphatic rings. The van der Waals surface area contributed by atoms with E-state index in [2.05, 4.69) is 16.9 Å². The van der Waals surface area contributed by atoms with E-state index in [0.717, 1.165) is 22.4 Å². The molecule has 42 heavy (non-hydrogen) atoms. The van der Waals surface area contributed by atoms with Crippen LogP contribution in [0.15, 0.2) is 60.0 Å². The maximum absolute atomic E-state index is 12.9. The van der Waals surface area contributed by atoms with Gasteiger partial charge in [0.25, 0.3) is 17.5 Å². The molecule has 1 saturated heterocycles. The van der Waals surface area contributed by atoms with Crippen LogP contribution < -0.4 is 10.1 Å². The van der Waals surface area contributed by atoms with Crippen LogP contribution in [0.4, 0.5) is 5.69 Å². The van der Waals surface area contributed by atoms with Crippen LogP contribution in [0.1, 0.15) is 18.1 Å². The molecular weight excluding hydrogens is 564 g/mol. The number of H-pyrrole nitrogens is 1. The Hall–Kier alpha value is -4.78. The lowest BCUT2D eigenvalue weighted by molar-refractivity contribution is -0.383. The minimum Gasteiger partial charge on any atom is -0.506 e. The first kappa shape index (κ1) is 27.4. The monoisotopic (exact) mass is 590 g/mol. The summed E-state index contributed by atoms with van der Waals surface area (Å²) < 4.78 is 10.8. The number of aryl methyl sites for hydroxylation is 2. The van der Waals surface area contributed by atoms with Gasteiger partial charge < -0.3 is 24.9 Å². The highest BCUT2D eigenvalue weighted by molar-refractivity contribution is 8.00. The van der Waals surface area contributed by atoms with Crippen LogP contribution >= 0.6 is 11.8 Å². The largest absolute Gasteiger partial charge is 0.506 e. The fourth-order valence-electron chi connectivity index (χ4n) is 5.73. The summed E-state index contributed by atoms with van der Waals surface area (Å²) in [4.78, 5) is 52.8. The van der Waals surface area contributed by atoms with Crippen LogP contribution in [-0.4, -0.2) is 68.1 Å². The van der Waals surface area contributed by atoms with Crippen molar-refractivity contribution in [1.82, 2.24) is 15.2 Å². The van der Waals surface area contributed by atoms with Gasteiger partial charge in [-0.2, -0.15) is 0 Å². The lowest BCUT2D eigenvalue weighted by Gasteiger charge is -2.50. The van der Waals surface area contributed by atoms with Gasteiger partial charge in [0.05, 0.1) is 27.2 Å². The fourth-order valence-corrected chi connectivity index (χ4v) is 7.06. The van der Waals surface area contributed by atoms with Crippen molar-refractivity contribution in [3.63, 3.8) is 0 Å². The molecule has 2 amide bonds. The fraction of sp³-hybridized carbons (Fsp3) is 0.276. The molecule has 0 spiro atoms. The maximum Gasteiger partial charge on any atom is 0.302 e. The van der Waals surface area contributed by atoms with E-state index in [1.807, 2.05) is 18.2 Å². The Labute approximate surface area is 243 Å². The van der Waals surface area contributed by atoms with Crippen molar-refractivity contribution in [3.05, 3.63) is 81.2 Å². The van der Waals surface area contributed by atoms with E-state index in [9.17, 15) is 29.6 Å². The average molecular weight is 591 g/mol. The molecule has 2 aliphatic heterocycles. The number of aliphatic hydroxyl groups excluding tert-OH is 1. The summed E-state index contributed by atoms with van der Waals surface area (Å²) in [7, 11) is 0. The number of rotatable bonds is 8. The van der Waals surface area contributed by atoms with Crippen molar-refractivity contribution < 1.29 is 33.9 Å². The number of fused-ring (bicyclic) bond motifs is 6. The first-order valence-electron chi connectivity index (χ1n) is 13.2. The topological polar surface area (TPSA) is 164 Å². The standard InChI is InChI=1S/C29H26N4O8S/c1-14(34)27-17(11-40-15(2)35)13-42-29-26(28(37)32(27)29)31-23(36)12-41-18-7-9-19-16(10-18)6-8-20-24-21(30-25(19)20)4-3-5-22(24)33(38)39/h3-5,7,9-10,26,29-30,34H,1,6,8,11-13H2,2H3,(H,31,36). The number of esters is 1. The molecule has 1 aromatic heterocycles. The quantitative estimate of drug-likeness (QED) is 0.117. The van der Waals surface area contributed by atoms with Gasteiger partial charge in [-0.05, 0) is 48.2 Å². The Bertz CT molecular complexity index is 1730. The molecule has 2 aromatic carbocycles. The highest BCUT2D eigenvalue weighted by atomic mass is 32.2. The number of nitro groups is 1. The molecule has 2 atom stereocenters. The maximum atomic E-state index is 12.9. The number of β-lactam (4-membered cyclic amide) rings is 1. The number of nitro benzene ring substituents is 1. The van der Waals surface area contributed by atoms with Crippen LogP contribution in [0.2, 0.25) is 0 Å². The van der Waals surface area contributed by atoms with Gasteiger partial charge in [0.2, 0.25) is 0 Å². The third kappa shape index (κ3) is 4.65. The van der Waals surface area contributed by atoms with Gasteiger partial charge in [0.15, 0.2) is 6.61 Å². The lowest BCUT2D eigenvalue weighted by atomic mass is 9.88. The number of aromatic nitrogens is 1. The Morgan fingerprint density at radius 2 is 2.10 bits per heavy atom. The molecule has 6 rings (SSSR count). The summed E-state index contributed by atoms with van der Waals surface area (Å²) in [6, 6.07) is 9.66. The van der Waals surface area contributed by atoms with Crippen molar-refractivity contribution in [1.29, 1.82) is 0 Å². The summed E-state index contributed by atoms with van der Waals surface area (Å²) in [5, 5.41) is 24.6. The van der Waals surface area contributed by atoms with Crippen molar-refractivity contribution in [2.75, 3.05) is 19.0 Å². The molecule has 1 aliphatic carbocycles. The van der Waals surface area contributed by atoms with Gasteiger partial charge in [0, 0.05) is 29.9 Å². The van der Waals surface area contributed by atoms with E-state index in [1.54, 1.807) is 12.1 Å². The number of benzene rings is 2. The second-order valence-corrected chi connectivity index (χ2v) is 11.3. The average Bonchev–Trinajstić information content (AvgIpc) is 3.36. The van der Waals surface area contributed by atoms with Gasteiger partial charge in [-0.25, -0.2) is 0 Å². The third-order valence-electron chi connectivity index (χ3n) is 7.55. The predicted octanol–water partition coefficient (Wildman–Crippen LogP) is 3.51. The molecule has 2 unspecified atom stereocenters. The van der Waals surface area contributed by atoms with Crippen LogP contribution in [0, 0.1) is 10.1 Å². The normalized spacial score (nSPS) is 18.9. The van der Waals surface area contributed by atoms with Crippen molar-refractivity contribution >= 4 is 46.1 Å². The van der Waals surface area contributed by atoms with E-state index in [0.29, 0.717) is 40.8 Å². The zero-order valence-electron chi connectivity index (χ0n) is 22.5. The minimum atomic E-state index is -0.802. The molecule has 0 saturated carbocycles. The van der Waals surface area contributed by atoms with Gasteiger partial charge in [0.1, 0.15) is 29.5 Å². The first-order valence-corrected chi connectivity index (χ1v) is 14.2. The van der Waals surface area contributed by atoms with Gasteiger partial charge in [-0.1, -0.05) is 12.6 Å². The number of aliphatic hydroxyl groups is 1. The van der Waals surface area contributed by atoms with E-state index < -0.39 is 29.2 Å². The number of non-ortho nitro benzene ring substituents is 1. The molecule has 0 bridgehead atoms. The van der Waals surface area contributed by atoms with Crippen LogP contribution in [-0.2, 0) is 32.0 Å². The summed E-state index contributed by atoms with van der Waals surface area (Å²) in [5.41, 5.74) is 5.25. The van der Waals surface area contributed by atoms with Gasteiger partial charge >= 0.3 is 5.97 Å². The molecular formula is C29H26N4O8S. The highest BCUT2D eigenvalue weighted by Gasteiger charge is 2.53. The summed E-state index contributed by atoms with van der Waals surface area (Å²) in [6.07, 6.45) is 1.28. The number of hydrogen-bond donors (Lipinski definition) is 3. The van der Waals surface area contributed by atoms with Crippen molar-refractivity contribution in [2.24, 2.45) is 0 Å². The summed E-state index contributed by atoms with van der Waals surface area (Å²) in [5.74, 6) is -0.801. The number of aromatic amines is 1. The lowest BCUT2D eigenvalue weighted by Crippen LogP contribution is -2.70. The van der Waals surface area contributed by atoms with Crippen LogP contribution in [0.5, 0.6) is 5.75 Å². The summed E-state index contributed by atoms with van der Waals surface area (Å²) in [6.45, 7) is 4.44. The number of carbonyl (C=O) groups excluding carboxylic acids is 3. The van der Waals surface area contributed by atoms with E-state index in [4.69, 9.17) is 9.47 Å². The highest BCUT2D eigenvalue weighted by Crippen LogP contribution is 2.43. The zero-order valence-corrected chi connectivity index (χ0v) is 23.3. The van der Waals surface area contributed by atoms with Crippen molar-refractivity contribution in [2.45, 2.75) is 31.2 Å². The van der Waals surface area contributed by atoms with Crippen LogP contribution in [0.3, 0.4) is 0 Å². The van der Waals surface area contributed by atoms with Crippen LogP contribution in [0.25, 0.3) is 22.2 Å². The number of nitrogens with one attached hydrogen (secondary N) is 2. The molecule has 3 aromatic rings. The first-order chi connectivity index (χ1) is 20.1. The smallest absolute Gasteiger partial charge is 0.302 e. The molecule has 3 heterocycles. The predicted molar refractivity (Wildman–Crippen MR) is 154 cm³/mol. The number of thioether (sulfide) groups is 1. The van der Waals surface area contributed by atoms with E-state index in [1.165, 1.54) is 29.7 Å². The Morgan fingerprint density at radius 1 is 1.29 bits per heavy atom. The van der Waals surface area contributed by atoms with E-state index >= 15 is 0 Å². The second kappa shape index (κ2) is 10.6. The number of hydrogen-bond acceptors (Lipinski definition) is 9. The molecule has 1 fully saturated rings. The second-order valence-electron chi connectivity index (χ2n) is 10.2. The Kier molecular flexibility index (Phi) is 6.89. The van der Waals surface area contributed by atoms with Crippen molar-refractivity contribution in [3.8, 4) is 17.0 Å². The number of nitrogens with zero attached hydrogens (tertiary/aromatic N) is 2. The SMILES string of the molecule is C=C(O)C1=C(COC(C)=O)CSC2C(NC(=O)COc3ccc4c(c3)CCc3c-4[nH]c4cccc([N+](=O)[O-])c34)C(=O)N12. The molecule has 216 valence electrons. The van der Waals surface area contributed by atoms with Gasteiger partial charge in [-0.3, -0.25) is 29.4 Å². The minimum absolute atomic E-state index is 0.0685. The molecule has 12 nitrogen and oxygen atoms in total. The van der Waals surface area contributed by atoms with Gasteiger partial charge in [-0.15, -0.1) is 11.8 Å². The number of ether oxygens (including phenoxy) is 2. The Morgan fingerprint density at radius 3 is 2.83 bits per heavy atom. The van der Waals surface area contributed by atoms with E-state index in [-0.39, 0.29) is 35.3 Å². The molecule has 3 N–H and O–H groups in total. The summed E-state index contributed by atoms with van der Waals surface area (Å²) >= 11 is 1.38. The number of carbonyl (C=O) groups is 3. The third-order valence-corrected chi connectivity index (χ3v) is 8.89. The molecule has 0 radical (unpaired) electrons. The number of amides is 2. The zero-order chi connectivity index (χ0) is 29.7. The molecule has 13 heteroatoms. The Balaban J connectivity index is 1.11.